The van der Waals surface area contributed by atoms with Crippen LogP contribution in [0.2, 0.25) is 0 Å². The Hall–Kier alpha value is -2.95. The first kappa shape index (κ1) is 16.9. The summed E-state index contributed by atoms with van der Waals surface area (Å²) in [6.07, 6.45) is 2.98. The number of hydrogen-bond acceptors (Lipinski definition) is 4. The number of aromatic nitrogens is 2. The fourth-order valence-corrected chi connectivity index (χ4v) is 2.98. The van der Waals surface area contributed by atoms with Crippen LogP contribution in [0, 0.1) is 0 Å². The van der Waals surface area contributed by atoms with Gasteiger partial charge in [-0.3, -0.25) is 4.79 Å². The Morgan fingerprint density at radius 1 is 1.04 bits per heavy atom. The molecule has 0 unspecified atom stereocenters. The average Bonchev–Trinajstić information content (AvgIpc) is 2.78. The number of unbranched alkanes of at least 4 members (excludes halogenated alkanes) is 2. The third-order valence-corrected chi connectivity index (χ3v) is 4.23. The second-order valence-electron chi connectivity index (χ2n) is 5.93. The van der Waals surface area contributed by atoms with Gasteiger partial charge in [0.2, 0.25) is 0 Å². The topological polar surface area (TPSA) is 67.5 Å². The normalized spacial score (nSPS) is 11.8. The number of hydrogen-bond donors (Lipinski definition) is 1. The molecule has 0 fully saturated rings. The van der Waals surface area contributed by atoms with Crippen molar-refractivity contribution in [3.63, 3.8) is 0 Å². The molecule has 0 saturated carbocycles. The Morgan fingerprint density at radius 2 is 1.76 bits per heavy atom. The molecule has 0 spiro atoms. The molecular weight excluding hydrogens is 314 g/mol. The molecule has 0 amide bonds. The Morgan fingerprint density at radius 3 is 2.48 bits per heavy atom. The van der Waals surface area contributed by atoms with Crippen LogP contribution in [0.1, 0.15) is 26.2 Å². The average molecular weight is 335 g/mol. The minimum atomic E-state index is -0.378. The summed E-state index contributed by atoms with van der Waals surface area (Å²) in [6, 6.07) is 17.3. The Kier molecular flexibility index (Phi) is 5.23. The minimum Gasteiger partial charge on any atom is -0.409 e. The van der Waals surface area contributed by atoms with Gasteiger partial charge in [0.15, 0.2) is 0 Å². The molecule has 0 bridgehead atoms. The Balaban J connectivity index is 2.39. The van der Waals surface area contributed by atoms with E-state index in [9.17, 15) is 10.0 Å². The maximum Gasteiger partial charge on any atom is 0.299 e. The molecular formula is C20H21N3O2. The van der Waals surface area contributed by atoms with E-state index in [1.807, 2.05) is 54.6 Å². The monoisotopic (exact) mass is 335 g/mol. The van der Waals surface area contributed by atoms with Crippen LogP contribution in [-0.2, 0) is 6.54 Å². The Bertz CT molecular complexity index is 995. The number of benzene rings is 2. The summed E-state index contributed by atoms with van der Waals surface area (Å²) in [4.78, 5) is 17.2. The van der Waals surface area contributed by atoms with Crippen molar-refractivity contribution in [2.24, 2.45) is 5.16 Å². The Labute approximate surface area is 145 Å². The van der Waals surface area contributed by atoms with Crippen LogP contribution >= 0.6 is 0 Å². The van der Waals surface area contributed by atoms with Crippen molar-refractivity contribution in [2.75, 3.05) is 0 Å². The van der Waals surface area contributed by atoms with Gasteiger partial charge in [-0.2, -0.15) is 0 Å². The van der Waals surface area contributed by atoms with Crippen LogP contribution in [0.25, 0.3) is 22.2 Å². The molecule has 0 saturated heterocycles. The second kappa shape index (κ2) is 7.75. The largest absolute Gasteiger partial charge is 0.409 e. The zero-order valence-electron chi connectivity index (χ0n) is 14.2. The maximum atomic E-state index is 12.8. The number of para-hydroxylation sites is 1. The van der Waals surface area contributed by atoms with E-state index < -0.39 is 0 Å². The lowest BCUT2D eigenvalue weighted by molar-refractivity contribution is 0.297. The zero-order chi connectivity index (χ0) is 17.6. The van der Waals surface area contributed by atoms with E-state index in [-0.39, 0.29) is 11.0 Å². The summed E-state index contributed by atoms with van der Waals surface area (Å²) < 4.78 is 1.67. The van der Waals surface area contributed by atoms with E-state index >= 15 is 0 Å². The van der Waals surface area contributed by atoms with Crippen molar-refractivity contribution in [1.82, 2.24) is 9.55 Å². The molecule has 1 aromatic heterocycles. The van der Waals surface area contributed by atoms with Gasteiger partial charge in [0.25, 0.3) is 11.0 Å². The van der Waals surface area contributed by atoms with Crippen molar-refractivity contribution in [3.8, 4) is 11.3 Å². The summed E-state index contributed by atoms with van der Waals surface area (Å²) in [7, 11) is 0. The van der Waals surface area contributed by atoms with Crippen molar-refractivity contribution in [2.45, 2.75) is 32.7 Å². The summed E-state index contributed by atoms with van der Waals surface area (Å²) in [5.41, 5.74) is 1.74. The summed E-state index contributed by atoms with van der Waals surface area (Å²) >= 11 is 0. The van der Waals surface area contributed by atoms with Crippen LogP contribution in [0.3, 0.4) is 0 Å². The van der Waals surface area contributed by atoms with Crippen LogP contribution < -0.4 is 11.0 Å². The highest BCUT2D eigenvalue weighted by Gasteiger charge is 2.11. The molecule has 0 aliphatic heterocycles. The van der Waals surface area contributed by atoms with Crippen LogP contribution in [0.15, 0.2) is 64.5 Å². The molecule has 0 aliphatic carbocycles. The van der Waals surface area contributed by atoms with Gasteiger partial charge in [-0.1, -0.05) is 73.5 Å². The lowest BCUT2D eigenvalue weighted by atomic mass is 10.1. The fraction of sp³-hybridized carbons (Fsp3) is 0.250. The van der Waals surface area contributed by atoms with E-state index in [0.717, 1.165) is 35.7 Å². The van der Waals surface area contributed by atoms with Crippen LogP contribution in [-0.4, -0.2) is 14.8 Å². The smallest absolute Gasteiger partial charge is 0.299 e. The predicted octanol–water partition coefficient (Wildman–Crippen LogP) is 3.54. The number of fused-ring (bicyclic) bond motifs is 1. The quantitative estimate of drug-likeness (QED) is 0.440. The first-order chi connectivity index (χ1) is 12.3. The molecule has 0 aliphatic rings. The SMILES string of the molecule is CCCCCn1c(=O)/c(=N\O)nc(-c2ccccc2)c2ccccc21. The molecule has 2 aromatic carbocycles. The molecule has 1 heterocycles. The lowest BCUT2D eigenvalue weighted by Gasteiger charge is -2.07. The molecule has 25 heavy (non-hydrogen) atoms. The van der Waals surface area contributed by atoms with Gasteiger partial charge in [0.1, 0.15) is 0 Å². The first-order valence-corrected chi connectivity index (χ1v) is 8.53. The van der Waals surface area contributed by atoms with Crippen LogP contribution in [0.4, 0.5) is 0 Å². The molecule has 0 atom stereocenters. The van der Waals surface area contributed by atoms with E-state index in [1.54, 1.807) is 4.57 Å². The second-order valence-corrected chi connectivity index (χ2v) is 5.93. The van der Waals surface area contributed by atoms with Gasteiger partial charge in [0.05, 0.1) is 11.2 Å². The highest BCUT2D eigenvalue weighted by Crippen LogP contribution is 2.24. The molecule has 128 valence electrons. The van der Waals surface area contributed by atoms with Gasteiger partial charge < -0.3 is 9.77 Å². The van der Waals surface area contributed by atoms with Crippen molar-refractivity contribution in [1.29, 1.82) is 0 Å². The third-order valence-electron chi connectivity index (χ3n) is 4.23. The predicted molar refractivity (Wildman–Crippen MR) is 98.3 cm³/mol. The number of aryl methyl sites for hydroxylation is 1. The van der Waals surface area contributed by atoms with Gasteiger partial charge in [-0.25, -0.2) is 4.98 Å². The van der Waals surface area contributed by atoms with Gasteiger partial charge in [-0.15, -0.1) is 0 Å². The number of rotatable bonds is 5. The molecule has 3 aromatic rings. The first-order valence-electron chi connectivity index (χ1n) is 8.53. The van der Waals surface area contributed by atoms with E-state index in [0.29, 0.717) is 12.2 Å². The lowest BCUT2D eigenvalue weighted by Crippen LogP contribution is -2.34. The maximum absolute atomic E-state index is 12.8. The molecule has 1 N–H and O–H groups in total. The minimum absolute atomic E-state index is 0.188. The molecule has 5 nitrogen and oxygen atoms in total. The van der Waals surface area contributed by atoms with Crippen molar-refractivity contribution in [3.05, 3.63) is 70.4 Å². The van der Waals surface area contributed by atoms with Crippen molar-refractivity contribution < 1.29 is 5.21 Å². The van der Waals surface area contributed by atoms with E-state index in [1.165, 1.54) is 0 Å². The molecule has 5 heteroatoms. The highest BCUT2D eigenvalue weighted by atomic mass is 16.4. The van der Waals surface area contributed by atoms with Crippen molar-refractivity contribution >= 4 is 10.9 Å². The van der Waals surface area contributed by atoms with Crippen LogP contribution in [0.5, 0.6) is 0 Å². The summed E-state index contributed by atoms with van der Waals surface area (Å²) in [5.74, 6) is 0. The van der Waals surface area contributed by atoms with E-state index in [4.69, 9.17) is 0 Å². The van der Waals surface area contributed by atoms with E-state index in [2.05, 4.69) is 17.1 Å². The number of nitrogens with zero attached hydrogens (tertiary/aromatic N) is 3. The van der Waals surface area contributed by atoms with Gasteiger partial charge in [0, 0.05) is 17.5 Å². The third kappa shape index (κ3) is 3.45. The zero-order valence-corrected chi connectivity index (χ0v) is 14.2. The molecule has 0 radical (unpaired) electrons. The summed E-state index contributed by atoms with van der Waals surface area (Å²) in [6.45, 7) is 2.69. The fourth-order valence-electron chi connectivity index (χ4n) is 2.98. The standard InChI is InChI=1S/C20H21N3O2/c1-2-3-9-14-23-17-13-8-7-12-16(17)18(15-10-5-4-6-11-15)21-19(22-25)20(23)24/h4-8,10-13,25H,2-3,9,14H2,1H3/b22-19+. The highest BCUT2D eigenvalue weighted by molar-refractivity contribution is 5.91. The van der Waals surface area contributed by atoms with Gasteiger partial charge in [-0.05, 0) is 12.5 Å². The van der Waals surface area contributed by atoms with Gasteiger partial charge >= 0.3 is 0 Å². The summed E-state index contributed by atoms with van der Waals surface area (Å²) in [5, 5.41) is 13.4. The molecule has 3 rings (SSSR count).